The fourth-order valence-corrected chi connectivity index (χ4v) is 3.35. The molecule has 1 N–H and O–H groups in total. The number of nitrogens with zero attached hydrogens (tertiary/aromatic N) is 1. The molecule has 1 unspecified atom stereocenters. The topological polar surface area (TPSA) is 45.5 Å². The van der Waals surface area contributed by atoms with Gasteiger partial charge in [0.2, 0.25) is 0 Å². The summed E-state index contributed by atoms with van der Waals surface area (Å²) in [5.74, 6) is 0.231. The number of rotatable bonds is 5. The predicted molar refractivity (Wildman–Crippen MR) is 118 cm³/mol. The molecule has 1 atom stereocenters. The fourth-order valence-electron chi connectivity index (χ4n) is 3.35. The molecule has 0 saturated heterocycles. The van der Waals surface area contributed by atoms with Gasteiger partial charge in [0.25, 0.3) is 5.91 Å². The van der Waals surface area contributed by atoms with Gasteiger partial charge in [0.15, 0.2) is 5.76 Å². The number of aryl methyl sites for hydroxylation is 4. The van der Waals surface area contributed by atoms with Crippen molar-refractivity contribution in [2.45, 2.75) is 33.7 Å². The number of halogens is 1. The number of benzene rings is 2. The van der Waals surface area contributed by atoms with E-state index in [-0.39, 0.29) is 24.4 Å². The molecule has 0 bridgehead atoms. The molecule has 3 rings (SSSR count). The number of fused-ring (bicyclic) bond motifs is 1. The Balaban J connectivity index is 0.00000280. The molecule has 4 nitrogen and oxygen atoms in total. The predicted octanol–water partition coefficient (Wildman–Crippen LogP) is 5.12. The molecular weight excluding hydrogens is 372 g/mol. The van der Waals surface area contributed by atoms with Crippen LogP contribution in [0.2, 0.25) is 0 Å². The van der Waals surface area contributed by atoms with Crippen molar-refractivity contribution in [2.24, 2.45) is 0 Å². The van der Waals surface area contributed by atoms with Gasteiger partial charge in [0.1, 0.15) is 5.58 Å². The number of carbonyl (C=O) groups is 1. The van der Waals surface area contributed by atoms with Gasteiger partial charge in [-0.3, -0.25) is 4.79 Å². The molecule has 1 aromatic heterocycles. The van der Waals surface area contributed by atoms with E-state index < -0.39 is 0 Å². The lowest BCUT2D eigenvalue weighted by molar-refractivity contribution is 0.0915. The molecule has 5 heteroatoms. The lowest BCUT2D eigenvalue weighted by Crippen LogP contribution is -2.34. The lowest BCUT2D eigenvalue weighted by Gasteiger charge is -2.25. The smallest absolute Gasteiger partial charge is 0.287 e. The summed E-state index contributed by atoms with van der Waals surface area (Å²) in [5.41, 5.74) is 6.42. The van der Waals surface area contributed by atoms with Crippen LogP contribution in [0.3, 0.4) is 0 Å². The minimum atomic E-state index is -0.169. The molecule has 3 aromatic rings. The zero-order valence-corrected chi connectivity index (χ0v) is 18.2. The summed E-state index contributed by atoms with van der Waals surface area (Å²) in [7, 11) is 4.04. The van der Waals surface area contributed by atoms with Gasteiger partial charge in [-0.2, -0.15) is 0 Å². The molecule has 150 valence electrons. The molecule has 0 radical (unpaired) electrons. The van der Waals surface area contributed by atoms with Crippen LogP contribution in [0, 0.1) is 27.7 Å². The number of amides is 1. The van der Waals surface area contributed by atoms with Gasteiger partial charge >= 0.3 is 0 Å². The van der Waals surface area contributed by atoms with Gasteiger partial charge in [-0.25, -0.2) is 0 Å². The Morgan fingerprint density at radius 2 is 1.64 bits per heavy atom. The highest BCUT2D eigenvalue weighted by molar-refractivity contribution is 5.99. The summed E-state index contributed by atoms with van der Waals surface area (Å²) in [6, 6.07) is 12.6. The van der Waals surface area contributed by atoms with Crippen LogP contribution >= 0.6 is 12.4 Å². The number of nitrogens with one attached hydrogen (secondary N) is 1. The van der Waals surface area contributed by atoms with Crippen LogP contribution in [-0.2, 0) is 0 Å². The minimum absolute atomic E-state index is 0. The Labute approximate surface area is 173 Å². The largest absolute Gasteiger partial charge is 0.451 e. The van der Waals surface area contributed by atoms with E-state index in [0.29, 0.717) is 12.3 Å². The number of likely N-dealkylation sites (N-methyl/N-ethyl adjacent to an activating group) is 1. The van der Waals surface area contributed by atoms with Crippen LogP contribution in [0.5, 0.6) is 0 Å². The van der Waals surface area contributed by atoms with Crippen LogP contribution in [0.1, 0.15) is 44.4 Å². The molecule has 0 aliphatic rings. The Morgan fingerprint density at radius 3 is 2.25 bits per heavy atom. The van der Waals surface area contributed by atoms with E-state index >= 15 is 0 Å². The highest BCUT2D eigenvalue weighted by Gasteiger charge is 2.21. The maximum Gasteiger partial charge on any atom is 0.287 e. The molecule has 28 heavy (non-hydrogen) atoms. The summed E-state index contributed by atoms with van der Waals surface area (Å²) >= 11 is 0. The SMILES string of the molecule is Cc1ccc(C(CNC(=O)c2oc3cc(C)c(C)cc3c2C)N(C)C)cc1.Cl. The van der Waals surface area contributed by atoms with Gasteiger partial charge in [0, 0.05) is 17.5 Å². The third-order valence-corrected chi connectivity index (χ3v) is 5.30. The van der Waals surface area contributed by atoms with E-state index in [9.17, 15) is 4.79 Å². The molecule has 1 amide bonds. The van der Waals surface area contributed by atoms with Gasteiger partial charge in [-0.15, -0.1) is 12.4 Å². The molecule has 1 heterocycles. The van der Waals surface area contributed by atoms with Crippen LogP contribution in [0.15, 0.2) is 40.8 Å². The van der Waals surface area contributed by atoms with Crippen LogP contribution in [0.4, 0.5) is 0 Å². The Kier molecular flexibility index (Phi) is 6.91. The average molecular weight is 401 g/mol. The number of furan rings is 1. The highest BCUT2D eigenvalue weighted by Crippen LogP contribution is 2.28. The molecule has 0 aliphatic heterocycles. The summed E-state index contributed by atoms with van der Waals surface area (Å²) in [6.45, 7) is 8.66. The standard InChI is InChI=1S/C23H28N2O2.ClH/c1-14-7-9-18(10-8-14)20(25(5)6)13-24-23(26)22-17(4)19-11-15(2)16(3)12-21(19)27-22;/h7-12,20H,13H2,1-6H3,(H,24,26);1H. The Hall–Kier alpha value is -2.30. The van der Waals surface area contributed by atoms with E-state index in [1.165, 1.54) is 16.7 Å². The normalized spacial score (nSPS) is 12.1. The average Bonchev–Trinajstić information content (AvgIpc) is 2.93. The Morgan fingerprint density at radius 1 is 1.04 bits per heavy atom. The fraction of sp³-hybridized carbons (Fsp3) is 0.348. The van der Waals surface area contributed by atoms with Crippen molar-refractivity contribution in [2.75, 3.05) is 20.6 Å². The van der Waals surface area contributed by atoms with Crippen LogP contribution < -0.4 is 5.32 Å². The quantitative estimate of drug-likeness (QED) is 0.646. The lowest BCUT2D eigenvalue weighted by atomic mass is 10.0. The van der Waals surface area contributed by atoms with Crippen molar-refractivity contribution in [3.8, 4) is 0 Å². The second-order valence-electron chi connectivity index (χ2n) is 7.59. The van der Waals surface area contributed by atoms with Crippen molar-refractivity contribution in [3.63, 3.8) is 0 Å². The maximum atomic E-state index is 12.8. The summed E-state index contributed by atoms with van der Waals surface area (Å²) in [6.07, 6.45) is 0. The van der Waals surface area contributed by atoms with Gasteiger partial charge in [-0.1, -0.05) is 29.8 Å². The summed E-state index contributed by atoms with van der Waals surface area (Å²) in [4.78, 5) is 14.9. The van der Waals surface area contributed by atoms with Crippen LogP contribution in [-0.4, -0.2) is 31.4 Å². The molecule has 0 aliphatic carbocycles. The maximum absolute atomic E-state index is 12.8. The second-order valence-corrected chi connectivity index (χ2v) is 7.59. The molecular formula is C23H29ClN2O2. The first-order valence-corrected chi connectivity index (χ1v) is 9.29. The first-order valence-electron chi connectivity index (χ1n) is 9.29. The minimum Gasteiger partial charge on any atom is -0.451 e. The number of hydrogen-bond acceptors (Lipinski definition) is 3. The summed E-state index contributed by atoms with van der Waals surface area (Å²) < 4.78 is 5.89. The zero-order chi connectivity index (χ0) is 19.7. The van der Waals surface area contributed by atoms with Crippen molar-refractivity contribution < 1.29 is 9.21 Å². The van der Waals surface area contributed by atoms with Crippen LogP contribution in [0.25, 0.3) is 11.0 Å². The van der Waals surface area contributed by atoms with Gasteiger partial charge in [-0.05, 0) is 70.6 Å². The molecule has 0 fully saturated rings. The van der Waals surface area contributed by atoms with E-state index in [2.05, 4.69) is 61.3 Å². The highest BCUT2D eigenvalue weighted by atomic mass is 35.5. The number of hydrogen-bond donors (Lipinski definition) is 1. The van der Waals surface area contributed by atoms with Crippen molar-refractivity contribution in [1.29, 1.82) is 0 Å². The van der Waals surface area contributed by atoms with E-state index in [1.54, 1.807) is 0 Å². The van der Waals surface area contributed by atoms with E-state index in [4.69, 9.17) is 4.42 Å². The third-order valence-electron chi connectivity index (χ3n) is 5.30. The van der Waals surface area contributed by atoms with Crippen molar-refractivity contribution in [3.05, 3.63) is 70.0 Å². The third kappa shape index (κ3) is 4.40. The van der Waals surface area contributed by atoms with Gasteiger partial charge < -0.3 is 14.6 Å². The monoisotopic (exact) mass is 400 g/mol. The molecule has 0 spiro atoms. The second kappa shape index (κ2) is 8.80. The Bertz CT molecular complexity index is 974. The van der Waals surface area contributed by atoms with Crippen molar-refractivity contribution in [1.82, 2.24) is 10.2 Å². The van der Waals surface area contributed by atoms with Crippen molar-refractivity contribution >= 4 is 29.3 Å². The van der Waals surface area contributed by atoms with E-state index in [1.807, 2.05) is 27.1 Å². The molecule has 2 aromatic carbocycles. The zero-order valence-electron chi connectivity index (χ0n) is 17.4. The number of carbonyl (C=O) groups excluding carboxylic acids is 1. The van der Waals surface area contributed by atoms with E-state index in [0.717, 1.165) is 22.1 Å². The first-order chi connectivity index (χ1) is 12.8. The molecule has 0 saturated carbocycles. The van der Waals surface area contributed by atoms with Gasteiger partial charge in [0.05, 0.1) is 6.04 Å². The first kappa shape index (κ1) is 22.0. The summed E-state index contributed by atoms with van der Waals surface area (Å²) in [5, 5.41) is 4.06.